The van der Waals surface area contributed by atoms with Gasteiger partial charge in [-0.2, -0.15) is 17.5 Å². The normalized spacial score (nSPS) is 14.9. The minimum Gasteiger partial charge on any atom is -0.406 e. The molecule has 1 saturated heterocycles. The highest BCUT2D eigenvalue weighted by Crippen LogP contribution is 2.38. The molecule has 4 aromatic rings. The minimum atomic E-state index is -4.95. The van der Waals surface area contributed by atoms with Gasteiger partial charge in [0.1, 0.15) is 23.1 Å². The maximum absolute atomic E-state index is 16.2. The van der Waals surface area contributed by atoms with Gasteiger partial charge >= 0.3 is 12.5 Å². The van der Waals surface area contributed by atoms with Crippen molar-refractivity contribution >= 4 is 21.4 Å². The molecule has 1 aliphatic heterocycles. The predicted octanol–water partition coefficient (Wildman–Crippen LogP) is 6.33. The number of anilines is 1. The number of imidazole rings is 1. The van der Waals surface area contributed by atoms with E-state index in [-0.39, 0.29) is 38.8 Å². The Morgan fingerprint density at radius 1 is 0.979 bits per heavy atom. The molecule has 250 valence electrons. The third kappa shape index (κ3) is 7.06. The molecule has 4 N–H and O–H groups in total. The predicted molar refractivity (Wildman–Crippen MR) is 159 cm³/mol. The first-order chi connectivity index (χ1) is 22.0. The Bertz CT molecular complexity index is 1920. The summed E-state index contributed by atoms with van der Waals surface area (Å²) in [6, 6.07) is 12.4. The zero-order valence-corrected chi connectivity index (χ0v) is 25.3. The number of aromatic nitrogens is 2. The van der Waals surface area contributed by atoms with Crippen LogP contribution in [-0.2, 0) is 16.2 Å². The lowest BCUT2D eigenvalue weighted by Crippen LogP contribution is -2.31. The summed E-state index contributed by atoms with van der Waals surface area (Å²) in [5.74, 6) is 4.60. The number of alkyl halides is 6. The Labute approximate surface area is 264 Å². The number of benzene rings is 3. The van der Waals surface area contributed by atoms with Crippen molar-refractivity contribution in [1.82, 2.24) is 13.9 Å². The molecule has 2 heterocycles. The van der Waals surface area contributed by atoms with E-state index in [1.165, 1.54) is 53.7 Å². The Balaban J connectivity index is 1.65. The molecule has 0 bridgehead atoms. The molecule has 0 spiro atoms. The molecule has 1 aliphatic rings. The second-order valence-corrected chi connectivity index (χ2v) is 12.4. The Kier molecular flexibility index (Phi) is 9.00. The van der Waals surface area contributed by atoms with E-state index >= 15 is 4.39 Å². The molecule has 1 aromatic heterocycles. The summed E-state index contributed by atoms with van der Waals surface area (Å²) in [6.45, 7) is 1.92. The number of halogens is 7. The van der Waals surface area contributed by atoms with Gasteiger partial charge in [-0.3, -0.25) is 9.58 Å². The van der Waals surface area contributed by atoms with E-state index in [1.807, 2.05) is 0 Å². The van der Waals surface area contributed by atoms with Crippen LogP contribution >= 0.6 is 0 Å². The molecule has 0 aliphatic carbocycles. The highest BCUT2D eigenvalue weighted by molar-refractivity contribution is 7.89. The standard InChI is InChI=1S/C30H27F7N6O3S/c1-18-40-27(29(32,33)34)17-42(18)28-24(31)14-21(20-5-4-6-23(13-20)47(44,45)41-11-2-3-12-41)15-25(28)43(39)26(16-38)19-7-9-22(10-8-19)46-30(35,36)37/h4-10,13-17H,2-3,11-12,38-39H2,1H3/b26-16-. The number of hydrazine groups is 1. The van der Waals surface area contributed by atoms with E-state index in [1.54, 1.807) is 0 Å². The zero-order chi connectivity index (χ0) is 34.3. The molecule has 17 heteroatoms. The van der Waals surface area contributed by atoms with Gasteiger partial charge in [-0.15, -0.1) is 13.2 Å². The largest absolute Gasteiger partial charge is 0.573 e. The van der Waals surface area contributed by atoms with Crippen molar-refractivity contribution in [3.8, 4) is 22.6 Å². The maximum Gasteiger partial charge on any atom is 0.573 e. The van der Waals surface area contributed by atoms with Crippen LogP contribution in [0.3, 0.4) is 0 Å². The first-order valence-electron chi connectivity index (χ1n) is 13.9. The number of hydrogen-bond acceptors (Lipinski definition) is 7. The Morgan fingerprint density at radius 2 is 1.64 bits per heavy atom. The third-order valence-corrected chi connectivity index (χ3v) is 9.28. The molecule has 0 saturated carbocycles. The molecule has 0 amide bonds. The fourth-order valence-corrected chi connectivity index (χ4v) is 6.76. The maximum atomic E-state index is 16.2. The van der Waals surface area contributed by atoms with Crippen molar-refractivity contribution in [2.45, 2.75) is 37.2 Å². The fourth-order valence-electron chi connectivity index (χ4n) is 5.20. The zero-order valence-electron chi connectivity index (χ0n) is 24.5. The molecule has 0 radical (unpaired) electrons. The van der Waals surface area contributed by atoms with Gasteiger partial charge in [-0.1, -0.05) is 12.1 Å². The Morgan fingerprint density at radius 3 is 2.21 bits per heavy atom. The number of hydrogen-bond donors (Lipinski definition) is 2. The number of rotatable bonds is 8. The average molecular weight is 685 g/mol. The summed E-state index contributed by atoms with van der Waals surface area (Å²) in [5.41, 5.74) is 4.25. The van der Waals surface area contributed by atoms with Crippen LogP contribution in [0, 0.1) is 12.7 Å². The van der Waals surface area contributed by atoms with Crippen molar-refractivity contribution in [3.63, 3.8) is 0 Å². The van der Waals surface area contributed by atoms with Gasteiger partial charge < -0.3 is 10.5 Å². The third-order valence-electron chi connectivity index (χ3n) is 7.39. The fraction of sp³-hybridized carbons (Fsp3) is 0.233. The van der Waals surface area contributed by atoms with Crippen molar-refractivity contribution < 1.29 is 43.9 Å². The van der Waals surface area contributed by atoms with Crippen LogP contribution in [0.15, 0.2) is 78.0 Å². The smallest absolute Gasteiger partial charge is 0.406 e. The molecule has 3 aromatic carbocycles. The second-order valence-electron chi connectivity index (χ2n) is 10.5. The van der Waals surface area contributed by atoms with E-state index in [2.05, 4.69) is 9.72 Å². The van der Waals surface area contributed by atoms with Crippen molar-refractivity contribution in [1.29, 1.82) is 0 Å². The number of nitrogens with two attached hydrogens (primary N) is 2. The topological polar surface area (TPSA) is 120 Å². The van der Waals surface area contributed by atoms with Gasteiger partial charge in [0.25, 0.3) is 0 Å². The van der Waals surface area contributed by atoms with Gasteiger partial charge in [0.05, 0.1) is 16.3 Å². The lowest BCUT2D eigenvalue weighted by molar-refractivity contribution is -0.274. The van der Waals surface area contributed by atoms with Crippen LogP contribution in [0.4, 0.5) is 36.4 Å². The highest BCUT2D eigenvalue weighted by atomic mass is 32.2. The molecular formula is C30H27F7N6O3S. The summed E-state index contributed by atoms with van der Waals surface area (Å²) in [7, 11) is -3.86. The summed E-state index contributed by atoms with van der Waals surface area (Å²) in [5, 5.41) is 0.846. The molecular weight excluding hydrogens is 657 g/mol. The van der Waals surface area contributed by atoms with Crippen molar-refractivity contribution in [2.24, 2.45) is 11.6 Å². The van der Waals surface area contributed by atoms with Crippen LogP contribution in [0.25, 0.3) is 22.5 Å². The van der Waals surface area contributed by atoms with Crippen LogP contribution in [-0.4, -0.2) is 41.7 Å². The van der Waals surface area contributed by atoms with Gasteiger partial charge in [-0.25, -0.2) is 23.6 Å². The number of sulfonamides is 1. The number of ether oxygens (including phenoxy) is 1. The van der Waals surface area contributed by atoms with Crippen LogP contribution in [0.2, 0.25) is 0 Å². The van der Waals surface area contributed by atoms with Gasteiger partial charge in [0.2, 0.25) is 10.0 Å². The lowest BCUT2D eigenvalue weighted by atomic mass is 10.0. The van der Waals surface area contributed by atoms with E-state index in [9.17, 15) is 34.8 Å². The van der Waals surface area contributed by atoms with Crippen LogP contribution in [0.1, 0.15) is 29.9 Å². The molecule has 0 unspecified atom stereocenters. The minimum absolute atomic E-state index is 0.0449. The average Bonchev–Trinajstić information content (AvgIpc) is 3.68. The van der Waals surface area contributed by atoms with E-state index in [0.29, 0.717) is 32.1 Å². The monoisotopic (exact) mass is 684 g/mol. The van der Waals surface area contributed by atoms with Gasteiger partial charge in [0.15, 0.2) is 5.69 Å². The lowest BCUT2D eigenvalue weighted by Gasteiger charge is -2.26. The first kappa shape index (κ1) is 33.7. The number of nitrogens with zero attached hydrogens (tertiary/aromatic N) is 4. The SMILES string of the molecule is Cc1nc(C(F)(F)F)cn1-c1c(F)cc(-c2cccc(S(=O)(=O)N3CCCC3)c2)cc1N(N)/C(=C\N)c1ccc(OC(F)(F)F)cc1. The highest BCUT2D eigenvalue weighted by Gasteiger charge is 2.36. The van der Waals surface area contributed by atoms with Crippen LogP contribution < -0.4 is 21.3 Å². The van der Waals surface area contributed by atoms with Gasteiger partial charge in [0, 0.05) is 31.0 Å². The molecule has 0 atom stereocenters. The molecule has 1 fully saturated rings. The number of aryl methyl sites for hydroxylation is 1. The van der Waals surface area contributed by atoms with E-state index in [4.69, 9.17) is 11.6 Å². The summed E-state index contributed by atoms with van der Waals surface area (Å²) >= 11 is 0. The molecule has 5 rings (SSSR count). The summed E-state index contributed by atoms with van der Waals surface area (Å²) < 4.78 is 127. The summed E-state index contributed by atoms with van der Waals surface area (Å²) in [6.07, 6.45) is -6.84. The quantitative estimate of drug-likeness (QED) is 0.127. The van der Waals surface area contributed by atoms with E-state index < -0.39 is 45.5 Å². The molecule has 47 heavy (non-hydrogen) atoms. The first-order valence-corrected chi connectivity index (χ1v) is 15.3. The van der Waals surface area contributed by atoms with E-state index in [0.717, 1.165) is 34.0 Å². The summed E-state index contributed by atoms with van der Waals surface area (Å²) in [4.78, 5) is 3.47. The second kappa shape index (κ2) is 12.5. The van der Waals surface area contributed by atoms with Crippen LogP contribution in [0.5, 0.6) is 5.75 Å². The van der Waals surface area contributed by atoms with Gasteiger partial charge in [-0.05, 0) is 79.4 Å². The molecule has 9 nitrogen and oxygen atoms in total. The van der Waals surface area contributed by atoms with Crippen molar-refractivity contribution in [3.05, 3.63) is 96.0 Å². The van der Waals surface area contributed by atoms with Crippen molar-refractivity contribution in [2.75, 3.05) is 18.1 Å². The Hall–Kier alpha value is -4.61.